The maximum Gasteiger partial charge on any atom is 0.267 e. The molecule has 1 N–H and O–H groups in total. The number of aryl methyl sites for hydroxylation is 1. The molecule has 0 unspecified atom stereocenters. The summed E-state index contributed by atoms with van der Waals surface area (Å²) in [7, 11) is -3.45. The Labute approximate surface area is 158 Å². The predicted molar refractivity (Wildman–Crippen MR) is 103 cm³/mol. The molecule has 0 aliphatic heterocycles. The zero-order valence-corrected chi connectivity index (χ0v) is 16.4. The zero-order valence-electron chi connectivity index (χ0n) is 13.2. The maximum atomic E-state index is 12.6. The van der Waals surface area contributed by atoms with Crippen LogP contribution in [0.2, 0.25) is 4.34 Å². The standard InChI is InChI=1S/C16H13ClN2O3S3/c1-9-14(24-16(18-9)11-7-8-13(17)23-11)15(20)19-10-5-3-4-6-12(10)25(2,21)22/h3-8H,1-2H3,(H,19,20). The number of carbonyl (C=O) groups excluding carboxylic acids is 1. The molecule has 25 heavy (non-hydrogen) atoms. The molecule has 0 fully saturated rings. The molecule has 0 atom stereocenters. The van der Waals surface area contributed by atoms with Crippen LogP contribution < -0.4 is 5.32 Å². The number of amides is 1. The number of carbonyl (C=O) groups is 1. The van der Waals surface area contributed by atoms with Crippen LogP contribution >= 0.6 is 34.3 Å². The molecule has 0 saturated carbocycles. The van der Waals surface area contributed by atoms with Crippen molar-refractivity contribution in [3.05, 3.63) is 51.3 Å². The van der Waals surface area contributed by atoms with E-state index in [0.29, 0.717) is 19.9 Å². The van der Waals surface area contributed by atoms with E-state index in [4.69, 9.17) is 11.6 Å². The lowest BCUT2D eigenvalue weighted by atomic mass is 10.3. The van der Waals surface area contributed by atoms with Crippen LogP contribution in [0.4, 0.5) is 5.69 Å². The lowest BCUT2D eigenvalue weighted by molar-refractivity contribution is 0.102. The van der Waals surface area contributed by atoms with Crippen molar-refractivity contribution in [2.24, 2.45) is 0 Å². The first-order valence-corrected chi connectivity index (χ1v) is 11.0. The van der Waals surface area contributed by atoms with Crippen LogP contribution in [0.5, 0.6) is 0 Å². The minimum Gasteiger partial charge on any atom is -0.320 e. The molecule has 130 valence electrons. The monoisotopic (exact) mass is 412 g/mol. The van der Waals surface area contributed by atoms with Crippen molar-refractivity contribution in [3.63, 3.8) is 0 Å². The number of anilines is 1. The van der Waals surface area contributed by atoms with Gasteiger partial charge >= 0.3 is 0 Å². The summed E-state index contributed by atoms with van der Waals surface area (Å²) >= 11 is 8.58. The minimum absolute atomic E-state index is 0.0794. The number of halogens is 1. The van der Waals surface area contributed by atoms with Crippen molar-refractivity contribution in [1.82, 2.24) is 4.98 Å². The molecule has 3 rings (SSSR count). The van der Waals surface area contributed by atoms with Crippen LogP contribution in [0.3, 0.4) is 0 Å². The Hall–Kier alpha value is -1.74. The molecule has 2 heterocycles. The molecule has 0 radical (unpaired) electrons. The second-order valence-electron chi connectivity index (χ2n) is 5.26. The highest BCUT2D eigenvalue weighted by Crippen LogP contribution is 2.35. The third kappa shape index (κ3) is 3.92. The first-order chi connectivity index (χ1) is 11.8. The molecule has 0 aliphatic rings. The lowest BCUT2D eigenvalue weighted by Gasteiger charge is -2.08. The highest BCUT2D eigenvalue weighted by atomic mass is 35.5. The van der Waals surface area contributed by atoms with E-state index >= 15 is 0 Å². The van der Waals surface area contributed by atoms with Gasteiger partial charge in [-0.2, -0.15) is 0 Å². The Balaban J connectivity index is 1.92. The lowest BCUT2D eigenvalue weighted by Crippen LogP contribution is -2.14. The van der Waals surface area contributed by atoms with Crippen molar-refractivity contribution < 1.29 is 13.2 Å². The van der Waals surface area contributed by atoms with Gasteiger partial charge in [0, 0.05) is 6.26 Å². The fourth-order valence-corrected chi connectivity index (χ4v) is 5.12. The van der Waals surface area contributed by atoms with Crippen LogP contribution in [0.25, 0.3) is 9.88 Å². The molecular weight excluding hydrogens is 400 g/mol. The van der Waals surface area contributed by atoms with Crippen LogP contribution in [-0.4, -0.2) is 25.6 Å². The molecule has 1 amide bonds. The van der Waals surface area contributed by atoms with Gasteiger partial charge in [0.1, 0.15) is 9.88 Å². The number of nitrogens with one attached hydrogen (secondary N) is 1. The number of rotatable bonds is 4. The van der Waals surface area contributed by atoms with E-state index in [2.05, 4.69) is 10.3 Å². The predicted octanol–water partition coefficient (Wildman–Crippen LogP) is 4.49. The third-order valence-electron chi connectivity index (χ3n) is 3.32. The van der Waals surface area contributed by atoms with E-state index in [0.717, 1.165) is 11.1 Å². The maximum absolute atomic E-state index is 12.6. The number of nitrogens with zero attached hydrogens (tertiary/aromatic N) is 1. The van der Waals surface area contributed by atoms with Gasteiger partial charge < -0.3 is 5.32 Å². The van der Waals surface area contributed by atoms with Gasteiger partial charge in [-0.15, -0.1) is 22.7 Å². The van der Waals surface area contributed by atoms with E-state index in [1.54, 1.807) is 31.2 Å². The Morgan fingerprint density at radius 2 is 1.88 bits per heavy atom. The minimum atomic E-state index is -3.45. The molecule has 0 saturated heterocycles. The van der Waals surface area contributed by atoms with E-state index < -0.39 is 9.84 Å². The summed E-state index contributed by atoms with van der Waals surface area (Å²) in [6.07, 6.45) is 1.11. The molecule has 1 aromatic carbocycles. The fourth-order valence-electron chi connectivity index (χ4n) is 2.21. The average Bonchev–Trinajstić information content (AvgIpc) is 3.12. The summed E-state index contributed by atoms with van der Waals surface area (Å²) < 4.78 is 24.4. The average molecular weight is 413 g/mol. The van der Waals surface area contributed by atoms with Crippen molar-refractivity contribution in [1.29, 1.82) is 0 Å². The summed E-state index contributed by atoms with van der Waals surface area (Å²) in [5.74, 6) is -0.389. The van der Waals surface area contributed by atoms with Crippen LogP contribution in [-0.2, 0) is 9.84 Å². The summed E-state index contributed by atoms with van der Waals surface area (Å²) in [5.41, 5.74) is 0.836. The van der Waals surface area contributed by atoms with Crippen LogP contribution in [0.15, 0.2) is 41.3 Å². The van der Waals surface area contributed by atoms with Gasteiger partial charge in [0.05, 0.1) is 25.5 Å². The number of hydrogen-bond acceptors (Lipinski definition) is 6. The fraction of sp³-hybridized carbons (Fsp3) is 0.125. The topological polar surface area (TPSA) is 76.1 Å². The van der Waals surface area contributed by atoms with Crippen molar-refractivity contribution in [3.8, 4) is 9.88 Å². The van der Waals surface area contributed by atoms with Gasteiger partial charge in [-0.3, -0.25) is 4.79 Å². The number of aromatic nitrogens is 1. The Kier molecular flexibility index (Phi) is 4.97. The highest BCUT2D eigenvalue weighted by Gasteiger charge is 2.20. The van der Waals surface area contributed by atoms with E-state index in [1.165, 1.54) is 28.7 Å². The summed E-state index contributed by atoms with van der Waals surface area (Å²) in [4.78, 5) is 18.4. The third-order valence-corrected chi connectivity index (χ3v) is 7.03. The number of sulfone groups is 1. The molecule has 0 bridgehead atoms. The Bertz CT molecular complexity index is 1050. The summed E-state index contributed by atoms with van der Waals surface area (Å²) in [6, 6.07) is 9.94. The van der Waals surface area contributed by atoms with E-state index in [9.17, 15) is 13.2 Å². The second-order valence-corrected chi connectivity index (χ2v) is 9.96. The number of para-hydroxylation sites is 1. The molecule has 2 aromatic heterocycles. The number of hydrogen-bond donors (Lipinski definition) is 1. The first kappa shape index (κ1) is 18.1. The zero-order chi connectivity index (χ0) is 18.2. The van der Waals surface area contributed by atoms with Crippen LogP contribution in [0, 0.1) is 6.92 Å². The molecule has 9 heteroatoms. The van der Waals surface area contributed by atoms with Gasteiger partial charge in [0.25, 0.3) is 5.91 Å². The van der Waals surface area contributed by atoms with Crippen molar-refractivity contribution in [2.75, 3.05) is 11.6 Å². The van der Waals surface area contributed by atoms with Crippen LogP contribution in [0.1, 0.15) is 15.4 Å². The van der Waals surface area contributed by atoms with Crippen molar-refractivity contribution in [2.45, 2.75) is 11.8 Å². The van der Waals surface area contributed by atoms with E-state index in [1.807, 2.05) is 6.07 Å². The normalized spacial score (nSPS) is 11.5. The van der Waals surface area contributed by atoms with Gasteiger partial charge in [0.15, 0.2) is 9.84 Å². The Morgan fingerprint density at radius 3 is 2.52 bits per heavy atom. The smallest absolute Gasteiger partial charge is 0.267 e. The van der Waals surface area contributed by atoms with Gasteiger partial charge in [-0.25, -0.2) is 13.4 Å². The van der Waals surface area contributed by atoms with Gasteiger partial charge in [-0.05, 0) is 31.2 Å². The second kappa shape index (κ2) is 6.87. The summed E-state index contributed by atoms with van der Waals surface area (Å²) in [5, 5.41) is 3.38. The molecule has 5 nitrogen and oxygen atoms in total. The van der Waals surface area contributed by atoms with E-state index in [-0.39, 0.29) is 16.5 Å². The molecule has 0 aliphatic carbocycles. The van der Waals surface area contributed by atoms with Gasteiger partial charge in [0.2, 0.25) is 0 Å². The first-order valence-electron chi connectivity index (χ1n) is 7.09. The highest BCUT2D eigenvalue weighted by molar-refractivity contribution is 7.90. The van der Waals surface area contributed by atoms with Crippen molar-refractivity contribution >= 4 is 55.7 Å². The number of thiophene rings is 1. The van der Waals surface area contributed by atoms with Gasteiger partial charge in [-0.1, -0.05) is 23.7 Å². The Morgan fingerprint density at radius 1 is 1.16 bits per heavy atom. The SMILES string of the molecule is Cc1nc(-c2ccc(Cl)s2)sc1C(=O)Nc1ccccc1S(C)(=O)=O. The molecule has 3 aromatic rings. The number of benzene rings is 1. The largest absolute Gasteiger partial charge is 0.320 e. The molecule has 0 spiro atoms. The summed E-state index contributed by atoms with van der Waals surface area (Å²) in [6.45, 7) is 1.74. The number of thiazole rings is 1. The quantitative estimate of drug-likeness (QED) is 0.684. The molecular formula is C16H13ClN2O3S3.